The Kier molecular flexibility index (Phi) is 5.03. The van der Waals surface area contributed by atoms with Gasteiger partial charge in [-0.2, -0.15) is 8.42 Å². The van der Waals surface area contributed by atoms with Crippen molar-refractivity contribution in [3.8, 4) is 0 Å². The minimum absolute atomic E-state index is 0.0654. The Balaban J connectivity index is 1.76. The highest BCUT2D eigenvalue weighted by molar-refractivity contribution is 7.85. The van der Waals surface area contributed by atoms with Crippen LogP contribution >= 0.6 is 0 Å². The van der Waals surface area contributed by atoms with E-state index in [1.165, 1.54) is 4.90 Å². The molecule has 2 aliphatic rings. The summed E-state index contributed by atoms with van der Waals surface area (Å²) in [4.78, 5) is 25.7. The zero-order valence-corrected chi connectivity index (χ0v) is 13.3. The predicted molar refractivity (Wildman–Crippen MR) is 76.9 cm³/mol. The Hall–Kier alpha value is -0.950. The minimum atomic E-state index is -3.41. The van der Waals surface area contributed by atoms with Crippen molar-refractivity contribution in [2.24, 2.45) is 5.41 Å². The van der Waals surface area contributed by atoms with Crippen LogP contribution in [0, 0.1) is 5.41 Å². The van der Waals surface area contributed by atoms with E-state index in [0.29, 0.717) is 32.2 Å². The number of unbranched alkanes of at least 4 members (excludes halogenated alkanes) is 1. The quantitative estimate of drug-likeness (QED) is 0.421. The molecule has 0 unspecified atom stereocenters. The summed E-state index contributed by atoms with van der Waals surface area (Å²) >= 11 is 0. The molecule has 1 spiro atoms. The van der Waals surface area contributed by atoms with Crippen LogP contribution in [-0.4, -0.2) is 44.5 Å². The van der Waals surface area contributed by atoms with Gasteiger partial charge in [-0.3, -0.25) is 18.7 Å². The van der Waals surface area contributed by atoms with Crippen LogP contribution in [0.15, 0.2) is 0 Å². The maximum atomic E-state index is 12.2. The van der Waals surface area contributed by atoms with Gasteiger partial charge in [-0.25, -0.2) is 0 Å². The van der Waals surface area contributed by atoms with E-state index in [4.69, 9.17) is 0 Å². The highest BCUT2D eigenvalue weighted by Gasteiger charge is 2.44. The molecule has 0 N–H and O–H groups in total. The zero-order chi connectivity index (χ0) is 15.5. The first kappa shape index (κ1) is 16.4. The van der Waals surface area contributed by atoms with Crippen molar-refractivity contribution in [3.05, 3.63) is 0 Å². The Morgan fingerprint density at radius 1 is 1.10 bits per heavy atom. The summed E-state index contributed by atoms with van der Waals surface area (Å²) < 4.78 is 26.2. The lowest BCUT2D eigenvalue weighted by molar-refractivity contribution is -0.153. The highest BCUT2D eigenvalue weighted by atomic mass is 32.2. The summed E-state index contributed by atoms with van der Waals surface area (Å²) in [5.41, 5.74) is -0.0654. The van der Waals surface area contributed by atoms with Crippen LogP contribution in [0.4, 0.5) is 0 Å². The number of piperidine rings is 1. The summed E-state index contributed by atoms with van der Waals surface area (Å²) in [5.74, 6) is -0.144. The fourth-order valence-electron chi connectivity index (χ4n) is 3.34. The van der Waals surface area contributed by atoms with Crippen molar-refractivity contribution in [2.75, 3.05) is 19.4 Å². The number of nitrogens with zero attached hydrogens (tertiary/aromatic N) is 1. The third kappa shape index (κ3) is 4.51. The third-order valence-corrected chi connectivity index (χ3v) is 4.99. The number of rotatable bonds is 6. The van der Waals surface area contributed by atoms with Crippen molar-refractivity contribution >= 4 is 21.9 Å². The molecule has 1 saturated carbocycles. The maximum Gasteiger partial charge on any atom is 0.264 e. The number of carbonyl (C=O) groups is 2. The summed E-state index contributed by atoms with van der Waals surface area (Å²) in [7, 11) is -3.41. The lowest BCUT2D eigenvalue weighted by Crippen LogP contribution is -2.47. The molecule has 0 bridgehead atoms. The smallest absolute Gasteiger partial charge is 0.264 e. The van der Waals surface area contributed by atoms with Gasteiger partial charge in [0.2, 0.25) is 11.8 Å². The van der Waals surface area contributed by atoms with Gasteiger partial charge < -0.3 is 0 Å². The molecular formula is C14H23NO5S. The van der Waals surface area contributed by atoms with Gasteiger partial charge >= 0.3 is 0 Å². The summed E-state index contributed by atoms with van der Waals surface area (Å²) in [6.07, 6.45) is 7.26. The van der Waals surface area contributed by atoms with Crippen LogP contribution in [-0.2, 0) is 23.9 Å². The second-order valence-corrected chi connectivity index (χ2v) is 7.88. The molecule has 6 nitrogen and oxygen atoms in total. The fraction of sp³-hybridized carbons (Fsp3) is 0.857. The lowest BCUT2D eigenvalue weighted by atomic mass is 9.76. The third-order valence-electron chi connectivity index (χ3n) is 4.39. The average molecular weight is 317 g/mol. The predicted octanol–water partition coefficient (Wildman–Crippen LogP) is 1.45. The van der Waals surface area contributed by atoms with Gasteiger partial charge in [0.25, 0.3) is 10.1 Å². The van der Waals surface area contributed by atoms with Gasteiger partial charge in [0, 0.05) is 19.4 Å². The molecule has 1 saturated heterocycles. The van der Waals surface area contributed by atoms with E-state index in [2.05, 4.69) is 4.18 Å². The molecule has 120 valence electrons. The van der Waals surface area contributed by atoms with Crippen LogP contribution in [0.1, 0.15) is 51.4 Å². The average Bonchev–Trinajstić information content (AvgIpc) is 2.78. The van der Waals surface area contributed by atoms with E-state index in [1.807, 2.05) is 0 Å². The molecule has 21 heavy (non-hydrogen) atoms. The maximum absolute atomic E-state index is 12.2. The van der Waals surface area contributed by atoms with E-state index in [1.54, 1.807) is 0 Å². The molecule has 2 rings (SSSR count). The van der Waals surface area contributed by atoms with Gasteiger partial charge in [0.05, 0.1) is 12.9 Å². The molecule has 2 fully saturated rings. The number of hydrogen-bond donors (Lipinski definition) is 0. The Bertz CT molecular complexity index is 487. The van der Waals surface area contributed by atoms with Crippen LogP contribution in [0.25, 0.3) is 0 Å². The molecule has 1 aliphatic heterocycles. The molecule has 0 radical (unpaired) electrons. The Labute approximate surface area is 126 Å². The van der Waals surface area contributed by atoms with Crippen molar-refractivity contribution < 1.29 is 22.2 Å². The largest absolute Gasteiger partial charge is 0.283 e. The molecule has 2 amide bonds. The van der Waals surface area contributed by atoms with E-state index < -0.39 is 10.1 Å². The summed E-state index contributed by atoms with van der Waals surface area (Å²) in [6, 6.07) is 0. The Morgan fingerprint density at radius 3 is 2.19 bits per heavy atom. The van der Waals surface area contributed by atoms with E-state index in [-0.39, 0.29) is 23.8 Å². The molecule has 1 heterocycles. The van der Waals surface area contributed by atoms with E-state index >= 15 is 0 Å². The van der Waals surface area contributed by atoms with Crippen LogP contribution in [0.3, 0.4) is 0 Å². The zero-order valence-electron chi connectivity index (χ0n) is 12.5. The van der Waals surface area contributed by atoms with Crippen LogP contribution in [0.2, 0.25) is 0 Å². The van der Waals surface area contributed by atoms with Crippen LogP contribution < -0.4 is 0 Å². The first-order valence-electron chi connectivity index (χ1n) is 7.49. The molecule has 1 aliphatic carbocycles. The summed E-state index contributed by atoms with van der Waals surface area (Å²) in [5, 5.41) is 0. The van der Waals surface area contributed by atoms with E-state index in [0.717, 1.165) is 31.9 Å². The summed E-state index contributed by atoms with van der Waals surface area (Å²) in [6.45, 7) is 0.458. The topological polar surface area (TPSA) is 80.8 Å². The lowest BCUT2D eigenvalue weighted by Gasteiger charge is -2.37. The molecule has 7 heteroatoms. The SMILES string of the molecule is CS(=O)(=O)OCCCCN1C(=O)CC2(CCCC2)CC1=O. The second kappa shape index (κ2) is 6.44. The molecular weight excluding hydrogens is 294 g/mol. The standard InChI is InChI=1S/C14H23NO5S/c1-21(18,19)20-9-5-4-8-15-12(16)10-14(11-13(15)17)6-2-3-7-14/h2-11H2,1H3. The molecule has 0 aromatic rings. The first-order chi connectivity index (χ1) is 9.81. The highest BCUT2D eigenvalue weighted by Crippen LogP contribution is 2.46. The number of imide groups is 1. The van der Waals surface area contributed by atoms with Gasteiger partial charge in [-0.15, -0.1) is 0 Å². The van der Waals surface area contributed by atoms with Gasteiger partial charge in [-0.05, 0) is 31.1 Å². The van der Waals surface area contributed by atoms with Crippen molar-refractivity contribution in [3.63, 3.8) is 0 Å². The molecule has 0 aromatic heterocycles. The van der Waals surface area contributed by atoms with Crippen molar-refractivity contribution in [1.29, 1.82) is 0 Å². The molecule has 0 atom stereocenters. The number of likely N-dealkylation sites (tertiary alicyclic amines) is 1. The van der Waals surface area contributed by atoms with Gasteiger partial charge in [0.1, 0.15) is 0 Å². The number of hydrogen-bond acceptors (Lipinski definition) is 5. The minimum Gasteiger partial charge on any atom is -0.283 e. The number of carbonyl (C=O) groups excluding carboxylic acids is 2. The van der Waals surface area contributed by atoms with Crippen LogP contribution in [0.5, 0.6) is 0 Å². The van der Waals surface area contributed by atoms with Crippen molar-refractivity contribution in [2.45, 2.75) is 51.4 Å². The van der Waals surface area contributed by atoms with Gasteiger partial charge in [0.15, 0.2) is 0 Å². The monoisotopic (exact) mass is 317 g/mol. The Morgan fingerprint density at radius 2 is 1.67 bits per heavy atom. The molecule has 0 aromatic carbocycles. The first-order valence-corrected chi connectivity index (χ1v) is 9.31. The fourth-order valence-corrected chi connectivity index (χ4v) is 3.76. The van der Waals surface area contributed by atoms with Crippen molar-refractivity contribution in [1.82, 2.24) is 4.90 Å². The second-order valence-electron chi connectivity index (χ2n) is 6.23. The normalized spacial score (nSPS) is 22.2. The van der Waals surface area contributed by atoms with Gasteiger partial charge in [-0.1, -0.05) is 12.8 Å². The van der Waals surface area contributed by atoms with E-state index in [9.17, 15) is 18.0 Å². The number of amides is 2.